The Morgan fingerprint density at radius 1 is 1.42 bits per heavy atom. The molecule has 0 bridgehead atoms. The Kier molecular flexibility index (Phi) is 7.86. The zero-order chi connectivity index (χ0) is 26.0. The summed E-state index contributed by atoms with van der Waals surface area (Å²) in [5.41, 5.74) is 0.164. The van der Waals surface area contributed by atoms with Crippen LogP contribution in [0.15, 0.2) is 51.3 Å². The van der Waals surface area contributed by atoms with E-state index >= 15 is 0 Å². The highest BCUT2D eigenvalue weighted by Crippen LogP contribution is 2.37. The lowest BCUT2D eigenvalue weighted by molar-refractivity contribution is -0.148. The number of nitrogens with zero attached hydrogens (tertiary/aromatic N) is 4. The van der Waals surface area contributed by atoms with E-state index < -0.39 is 29.3 Å². The Morgan fingerprint density at radius 2 is 2.19 bits per heavy atom. The zero-order valence-electron chi connectivity index (χ0n) is 20.1. The highest BCUT2D eigenvalue weighted by atomic mass is 79.9. The summed E-state index contributed by atoms with van der Waals surface area (Å²) < 4.78 is 21.6. The zero-order valence-corrected chi connectivity index (χ0v) is 22.5. The van der Waals surface area contributed by atoms with E-state index in [9.17, 15) is 19.1 Å². The first-order chi connectivity index (χ1) is 17.2. The molecule has 1 aromatic carbocycles. The molecule has 9 nitrogen and oxygen atoms in total. The smallest absolute Gasteiger partial charge is 0.338 e. The van der Waals surface area contributed by atoms with Gasteiger partial charge < -0.3 is 19.7 Å². The molecule has 1 fully saturated rings. The molecule has 2 N–H and O–H groups in total. The molecule has 1 unspecified atom stereocenters. The summed E-state index contributed by atoms with van der Waals surface area (Å²) in [5.74, 6) is 0.184. The van der Waals surface area contributed by atoms with Gasteiger partial charge in [-0.3, -0.25) is 14.7 Å². The number of halogens is 2. The second-order valence-electron chi connectivity index (χ2n) is 8.70. The number of amidine groups is 1. The molecule has 0 aliphatic carbocycles. The van der Waals surface area contributed by atoms with Crippen LogP contribution in [0.4, 0.5) is 4.39 Å². The van der Waals surface area contributed by atoms with Gasteiger partial charge in [0.05, 0.1) is 12.2 Å². The number of aliphatic carboxylic acids is 1. The van der Waals surface area contributed by atoms with Crippen LogP contribution in [0.1, 0.15) is 31.3 Å². The number of hydrogen-bond donors (Lipinski definition) is 2. The average Bonchev–Trinajstić information content (AvgIpc) is 3.26. The Hall–Kier alpha value is -2.70. The number of aromatic nitrogens is 2. The molecule has 3 heterocycles. The third kappa shape index (κ3) is 5.07. The number of aryl methyl sites for hydroxylation is 1. The molecule has 1 saturated heterocycles. The lowest BCUT2D eigenvalue weighted by atomic mass is 9.94. The summed E-state index contributed by atoms with van der Waals surface area (Å²) in [6, 6.07) is 3.37. The number of carboxylic acids is 1. The number of carbonyl (C=O) groups is 2. The molecule has 36 heavy (non-hydrogen) atoms. The molecule has 1 aromatic heterocycles. The van der Waals surface area contributed by atoms with Crippen molar-refractivity contribution in [2.24, 2.45) is 12.0 Å². The third-order valence-electron chi connectivity index (χ3n) is 6.31. The van der Waals surface area contributed by atoms with E-state index in [0.717, 1.165) is 5.75 Å². The molecular formula is C24H27BrFN5O4S. The van der Waals surface area contributed by atoms with Crippen LogP contribution in [0.3, 0.4) is 0 Å². The van der Waals surface area contributed by atoms with Gasteiger partial charge in [-0.1, -0.05) is 22.0 Å². The predicted octanol–water partition coefficient (Wildman–Crippen LogP) is 3.12. The first-order valence-corrected chi connectivity index (χ1v) is 13.3. The highest BCUT2D eigenvalue weighted by Gasteiger charge is 2.44. The molecule has 192 valence electrons. The maximum atomic E-state index is 13.9. The summed E-state index contributed by atoms with van der Waals surface area (Å²) in [5, 5.41) is 13.3. The van der Waals surface area contributed by atoms with Gasteiger partial charge in [0.15, 0.2) is 11.7 Å². The Labute approximate surface area is 220 Å². The van der Waals surface area contributed by atoms with E-state index in [4.69, 9.17) is 9.73 Å². The molecule has 12 heteroatoms. The van der Waals surface area contributed by atoms with Crippen molar-refractivity contribution in [2.45, 2.75) is 25.4 Å². The van der Waals surface area contributed by atoms with Gasteiger partial charge in [-0.05, 0) is 31.5 Å². The topological polar surface area (TPSA) is 109 Å². The molecule has 2 aliphatic rings. The number of ether oxygens (including phenoxy) is 1. The summed E-state index contributed by atoms with van der Waals surface area (Å²) in [6.07, 6.45) is 3.41. The molecule has 0 saturated carbocycles. The van der Waals surface area contributed by atoms with Crippen LogP contribution in [0.2, 0.25) is 0 Å². The Bertz CT molecular complexity index is 1250. The maximum absolute atomic E-state index is 13.9. The minimum absolute atomic E-state index is 0.149. The average molecular weight is 580 g/mol. The van der Waals surface area contributed by atoms with E-state index in [0.29, 0.717) is 39.7 Å². The van der Waals surface area contributed by atoms with Gasteiger partial charge in [0.2, 0.25) is 0 Å². The van der Waals surface area contributed by atoms with Gasteiger partial charge in [-0.2, -0.15) is 11.8 Å². The predicted molar refractivity (Wildman–Crippen MR) is 138 cm³/mol. The normalized spacial score (nSPS) is 22.7. The quantitative estimate of drug-likeness (QED) is 0.481. The molecule has 2 atom stereocenters. The number of rotatable bonds is 7. The van der Waals surface area contributed by atoms with Gasteiger partial charge in [0.25, 0.3) is 0 Å². The first-order valence-electron chi connectivity index (χ1n) is 11.4. The number of carboxylic acid groups (broad SMARTS) is 1. The lowest BCUT2D eigenvalue weighted by Gasteiger charge is -2.42. The Morgan fingerprint density at radius 3 is 2.83 bits per heavy atom. The number of hydrogen-bond acceptors (Lipinski definition) is 8. The van der Waals surface area contributed by atoms with Crippen LogP contribution in [0.25, 0.3) is 0 Å². The van der Waals surface area contributed by atoms with Crippen molar-refractivity contribution < 1.29 is 23.8 Å². The fraction of sp³-hybridized carbons (Fsp3) is 0.417. The lowest BCUT2D eigenvalue weighted by Crippen LogP contribution is -2.59. The third-order valence-corrected chi connectivity index (χ3v) is 8.23. The molecule has 4 rings (SSSR count). The molecule has 2 aliphatic heterocycles. The largest absolute Gasteiger partial charge is 0.480 e. The fourth-order valence-electron chi connectivity index (χ4n) is 4.25. The van der Waals surface area contributed by atoms with E-state index in [1.165, 1.54) is 12.1 Å². The molecule has 0 amide bonds. The Balaban J connectivity index is 1.88. The molecule has 2 aromatic rings. The van der Waals surface area contributed by atoms with Gasteiger partial charge in [-0.15, -0.1) is 0 Å². The van der Waals surface area contributed by atoms with Crippen LogP contribution in [0.5, 0.6) is 0 Å². The van der Waals surface area contributed by atoms with Crippen molar-refractivity contribution in [3.63, 3.8) is 0 Å². The standard InChI is InChI=1S/C24H27BrFN5O4S/c1-4-35-22(32)18-17(12-31-9-10-36-13-24(31,2)23(33)34)28-20(21-27-7-8-30(21)3)29-19(18)15-6-5-14(26)11-16(15)25/h5-8,11,19H,4,9-10,12-13H2,1-3H3,(H,28,29)(H,33,34)/t19-,24?/m0/s1. The maximum Gasteiger partial charge on any atom is 0.338 e. The number of benzene rings is 1. The minimum Gasteiger partial charge on any atom is -0.480 e. The van der Waals surface area contributed by atoms with Gasteiger partial charge in [-0.25, -0.2) is 14.2 Å². The van der Waals surface area contributed by atoms with Crippen LogP contribution in [0, 0.1) is 5.82 Å². The summed E-state index contributed by atoms with van der Waals surface area (Å²) >= 11 is 5.00. The number of carbonyl (C=O) groups excluding carboxylic acids is 1. The van der Waals surface area contributed by atoms with Gasteiger partial charge in [0.1, 0.15) is 17.4 Å². The van der Waals surface area contributed by atoms with Gasteiger partial charge >= 0.3 is 11.9 Å². The van der Waals surface area contributed by atoms with Gasteiger partial charge in [0, 0.05) is 54.2 Å². The van der Waals surface area contributed by atoms with E-state index in [2.05, 4.69) is 26.2 Å². The van der Waals surface area contributed by atoms with E-state index in [1.807, 2.05) is 11.9 Å². The summed E-state index contributed by atoms with van der Waals surface area (Å²) in [6.45, 7) is 4.22. The number of aliphatic imine (C=N–C) groups is 1. The summed E-state index contributed by atoms with van der Waals surface area (Å²) in [4.78, 5) is 36.6. The SMILES string of the molecule is CCOC(=O)C1=C(CN2CCSCC2(C)C(=O)O)NC(c2nccn2C)=N[C@H]1c1ccc(F)cc1Br. The van der Waals surface area contributed by atoms with Crippen molar-refractivity contribution in [2.75, 3.05) is 31.2 Å². The second kappa shape index (κ2) is 10.7. The van der Waals surface area contributed by atoms with Crippen LogP contribution >= 0.6 is 27.7 Å². The minimum atomic E-state index is -1.12. The van der Waals surface area contributed by atoms with Crippen molar-refractivity contribution in [1.82, 2.24) is 19.8 Å². The molecule has 0 radical (unpaired) electrons. The molecule has 0 spiro atoms. The number of nitrogens with one attached hydrogen (secondary N) is 1. The van der Waals surface area contributed by atoms with Crippen LogP contribution in [-0.4, -0.2) is 74.1 Å². The van der Waals surface area contributed by atoms with E-state index in [-0.39, 0.29) is 18.7 Å². The highest BCUT2D eigenvalue weighted by molar-refractivity contribution is 9.10. The van der Waals surface area contributed by atoms with E-state index in [1.54, 1.807) is 48.6 Å². The van der Waals surface area contributed by atoms with Crippen molar-refractivity contribution in [3.8, 4) is 0 Å². The fourth-order valence-corrected chi connectivity index (χ4v) is 6.02. The van der Waals surface area contributed by atoms with Crippen molar-refractivity contribution in [3.05, 3.63) is 63.5 Å². The van der Waals surface area contributed by atoms with Crippen molar-refractivity contribution >= 4 is 45.5 Å². The monoisotopic (exact) mass is 579 g/mol. The van der Waals surface area contributed by atoms with Crippen LogP contribution in [-0.2, 0) is 21.4 Å². The first kappa shape index (κ1) is 26.4. The number of esters is 1. The summed E-state index contributed by atoms with van der Waals surface area (Å²) in [7, 11) is 1.82. The van der Waals surface area contributed by atoms with Crippen LogP contribution < -0.4 is 5.32 Å². The van der Waals surface area contributed by atoms with Crippen molar-refractivity contribution in [1.29, 1.82) is 0 Å². The second-order valence-corrected chi connectivity index (χ2v) is 10.7. The molecular weight excluding hydrogens is 553 g/mol. The number of thioether (sulfide) groups is 1. The number of imidazole rings is 1.